The lowest BCUT2D eigenvalue weighted by Crippen LogP contribution is -2.43. The molecular weight excluding hydrogens is 437 g/mol. The number of amides is 2. The van der Waals surface area contributed by atoms with Gasteiger partial charge < -0.3 is 10.2 Å². The summed E-state index contributed by atoms with van der Waals surface area (Å²) >= 11 is 12.1. The number of nitrogens with one attached hydrogen (secondary N) is 1. The molecule has 0 radical (unpaired) electrons. The molecule has 1 saturated heterocycles. The smallest absolute Gasteiger partial charge is 0.256 e. The molecule has 0 spiro atoms. The summed E-state index contributed by atoms with van der Waals surface area (Å²) in [5, 5.41) is 8.45. The minimum atomic E-state index is -3.63. The van der Waals surface area contributed by atoms with Crippen molar-refractivity contribution in [3.05, 3.63) is 63.6 Å². The van der Waals surface area contributed by atoms with E-state index in [0.29, 0.717) is 35.7 Å². The Hall–Kier alpha value is -2.13. The van der Waals surface area contributed by atoms with Gasteiger partial charge in [0.25, 0.3) is 5.91 Å². The third-order valence-corrected chi connectivity index (χ3v) is 5.86. The lowest BCUT2D eigenvalue weighted by Gasteiger charge is -2.24. The Morgan fingerprint density at radius 1 is 1.14 bits per heavy atom. The Morgan fingerprint density at radius 2 is 1.83 bits per heavy atom. The standard InChI is InChI=1S/C19H19Cl2N3O4S/c20-13-5-8-16(21)15(10-13)19(26)24-9-1-2-17(24)18(25)23-14-6-3-12(4-7-14)11-29(22,27)28/h3-8,10,17H,1-2,9,11H2,(H,23,25)(H2,22,27,28). The minimum Gasteiger partial charge on any atom is -0.327 e. The maximum Gasteiger partial charge on any atom is 0.256 e. The predicted molar refractivity (Wildman–Crippen MR) is 112 cm³/mol. The first-order valence-corrected chi connectivity index (χ1v) is 11.3. The molecule has 1 fully saturated rings. The topological polar surface area (TPSA) is 110 Å². The summed E-state index contributed by atoms with van der Waals surface area (Å²) in [6.07, 6.45) is 1.22. The number of hydrogen-bond donors (Lipinski definition) is 2. The van der Waals surface area contributed by atoms with Crippen LogP contribution in [0.4, 0.5) is 5.69 Å². The molecule has 3 rings (SSSR count). The highest BCUT2D eigenvalue weighted by Gasteiger charge is 2.35. The summed E-state index contributed by atoms with van der Waals surface area (Å²) < 4.78 is 22.3. The number of nitrogens with two attached hydrogens (primary N) is 1. The van der Waals surface area contributed by atoms with Gasteiger partial charge in [-0.25, -0.2) is 13.6 Å². The van der Waals surface area contributed by atoms with Gasteiger partial charge in [0.15, 0.2) is 0 Å². The molecule has 7 nitrogen and oxygen atoms in total. The van der Waals surface area contributed by atoms with Crippen molar-refractivity contribution >= 4 is 50.7 Å². The van der Waals surface area contributed by atoms with Crippen LogP contribution in [0, 0.1) is 0 Å². The fraction of sp³-hybridized carbons (Fsp3) is 0.263. The third kappa shape index (κ3) is 5.48. The molecule has 0 aliphatic carbocycles. The number of sulfonamides is 1. The number of benzene rings is 2. The van der Waals surface area contributed by atoms with Crippen LogP contribution in [0.1, 0.15) is 28.8 Å². The zero-order valence-corrected chi connectivity index (χ0v) is 17.6. The van der Waals surface area contributed by atoms with E-state index in [9.17, 15) is 18.0 Å². The van der Waals surface area contributed by atoms with Gasteiger partial charge in [0.1, 0.15) is 6.04 Å². The summed E-state index contributed by atoms with van der Waals surface area (Å²) in [6, 6.07) is 10.3. The van der Waals surface area contributed by atoms with Crippen molar-refractivity contribution in [3.8, 4) is 0 Å². The fourth-order valence-corrected chi connectivity index (χ4v) is 4.27. The molecule has 1 aliphatic rings. The number of primary sulfonamides is 1. The van der Waals surface area contributed by atoms with Crippen LogP contribution in [0.3, 0.4) is 0 Å². The van der Waals surface area contributed by atoms with E-state index in [1.807, 2.05) is 0 Å². The highest BCUT2D eigenvalue weighted by atomic mass is 35.5. The van der Waals surface area contributed by atoms with Gasteiger partial charge in [-0.2, -0.15) is 0 Å². The molecule has 10 heteroatoms. The van der Waals surface area contributed by atoms with Crippen molar-refractivity contribution in [1.82, 2.24) is 4.90 Å². The molecule has 1 unspecified atom stereocenters. The lowest BCUT2D eigenvalue weighted by atomic mass is 10.1. The van der Waals surface area contributed by atoms with Crippen LogP contribution in [-0.2, 0) is 20.6 Å². The SMILES string of the molecule is NS(=O)(=O)Cc1ccc(NC(=O)C2CCCN2C(=O)c2cc(Cl)ccc2Cl)cc1. The van der Waals surface area contributed by atoms with E-state index in [2.05, 4.69) is 5.32 Å². The van der Waals surface area contributed by atoms with Crippen molar-refractivity contribution in [2.75, 3.05) is 11.9 Å². The largest absolute Gasteiger partial charge is 0.327 e. The van der Waals surface area contributed by atoms with E-state index in [1.165, 1.54) is 11.0 Å². The maximum absolute atomic E-state index is 12.9. The van der Waals surface area contributed by atoms with Gasteiger partial charge in [0.2, 0.25) is 15.9 Å². The average molecular weight is 456 g/mol. The van der Waals surface area contributed by atoms with Crippen LogP contribution in [-0.4, -0.2) is 37.7 Å². The summed E-state index contributed by atoms with van der Waals surface area (Å²) in [6.45, 7) is 0.438. The van der Waals surface area contributed by atoms with E-state index >= 15 is 0 Å². The molecule has 1 atom stereocenters. The first kappa shape index (κ1) is 21.6. The van der Waals surface area contributed by atoms with Gasteiger partial charge >= 0.3 is 0 Å². The molecule has 1 aliphatic heterocycles. The lowest BCUT2D eigenvalue weighted by molar-refractivity contribution is -0.119. The van der Waals surface area contributed by atoms with E-state index in [0.717, 1.165) is 0 Å². The van der Waals surface area contributed by atoms with Crippen molar-refractivity contribution in [3.63, 3.8) is 0 Å². The van der Waals surface area contributed by atoms with Crippen molar-refractivity contribution < 1.29 is 18.0 Å². The monoisotopic (exact) mass is 455 g/mol. The molecule has 2 amide bonds. The molecular formula is C19H19Cl2N3O4S. The Kier molecular flexibility index (Phi) is 6.48. The molecule has 2 aromatic carbocycles. The van der Waals surface area contributed by atoms with Gasteiger partial charge in [0, 0.05) is 17.3 Å². The number of carbonyl (C=O) groups is 2. The van der Waals surface area contributed by atoms with Crippen molar-refractivity contribution in [2.24, 2.45) is 5.14 Å². The summed E-state index contributed by atoms with van der Waals surface area (Å²) in [5.41, 5.74) is 1.26. The summed E-state index contributed by atoms with van der Waals surface area (Å²) in [7, 11) is -3.63. The van der Waals surface area contributed by atoms with Gasteiger partial charge in [0.05, 0.1) is 16.3 Å². The van der Waals surface area contributed by atoms with Crippen molar-refractivity contribution in [2.45, 2.75) is 24.6 Å². The molecule has 0 bridgehead atoms. The first-order valence-electron chi connectivity index (χ1n) is 8.80. The molecule has 29 heavy (non-hydrogen) atoms. The first-order chi connectivity index (χ1) is 13.6. The van der Waals surface area contributed by atoms with Crippen LogP contribution >= 0.6 is 23.2 Å². The molecule has 2 aromatic rings. The van der Waals surface area contributed by atoms with E-state index in [4.69, 9.17) is 28.3 Å². The second-order valence-electron chi connectivity index (χ2n) is 6.77. The number of anilines is 1. The van der Waals surface area contributed by atoms with Gasteiger partial charge in [-0.05, 0) is 48.7 Å². The zero-order chi connectivity index (χ0) is 21.2. The number of hydrogen-bond acceptors (Lipinski definition) is 4. The van der Waals surface area contributed by atoms with Gasteiger partial charge in [-0.3, -0.25) is 9.59 Å². The third-order valence-electron chi connectivity index (χ3n) is 4.56. The number of halogens is 2. The van der Waals surface area contributed by atoms with E-state index in [-0.39, 0.29) is 28.2 Å². The van der Waals surface area contributed by atoms with Crippen LogP contribution < -0.4 is 10.5 Å². The Balaban J connectivity index is 1.71. The fourth-order valence-electron chi connectivity index (χ4n) is 3.24. The number of carbonyl (C=O) groups excluding carboxylic acids is 2. The molecule has 154 valence electrons. The van der Waals surface area contributed by atoms with Crippen LogP contribution in [0.2, 0.25) is 10.0 Å². The zero-order valence-electron chi connectivity index (χ0n) is 15.3. The van der Waals surface area contributed by atoms with E-state index < -0.39 is 16.1 Å². The highest BCUT2D eigenvalue weighted by Crippen LogP contribution is 2.27. The second kappa shape index (κ2) is 8.71. The van der Waals surface area contributed by atoms with Gasteiger partial charge in [-0.1, -0.05) is 35.3 Å². The molecule has 1 heterocycles. The molecule has 0 saturated carbocycles. The summed E-state index contributed by atoms with van der Waals surface area (Å²) in [5.74, 6) is -0.959. The minimum absolute atomic E-state index is 0.256. The Bertz CT molecular complexity index is 1040. The van der Waals surface area contributed by atoms with Crippen LogP contribution in [0.5, 0.6) is 0 Å². The molecule has 3 N–H and O–H groups in total. The van der Waals surface area contributed by atoms with Crippen LogP contribution in [0.25, 0.3) is 0 Å². The quantitative estimate of drug-likeness (QED) is 0.721. The molecule has 0 aromatic heterocycles. The van der Waals surface area contributed by atoms with Gasteiger partial charge in [-0.15, -0.1) is 0 Å². The normalized spacial score (nSPS) is 16.7. The maximum atomic E-state index is 12.9. The van der Waals surface area contributed by atoms with Crippen LogP contribution in [0.15, 0.2) is 42.5 Å². The predicted octanol–water partition coefficient (Wildman–Crippen LogP) is 3.03. The number of likely N-dealkylation sites (tertiary alicyclic amines) is 1. The number of nitrogens with zero attached hydrogens (tertiary/aromatic N) is 1. The Morgan fingerprint density at radius 3 is 2.48 bits per heavy atom. The average Bonchev–Trinajstić information content (AvgIpc) is 3.13. The Labute approximate surface area is 178 Å². The number of rotatable bonds is 5. The van der Waals surface area contributed by atoms with E-state index in [1.54, 1.807) is 36.4 Å². The second-order valence-corrected chi connectivity index (χ2v) is 9.23. The highest BCUT2D eigenvalue weighted by molar-refractivity contribution is 7.88. The van der Waals surface area contributed by atoms with Crippen molar-refractivity contribution in [1.29, 1.82) is 0 Å². The summed E-state index contributed by atoms with van der Waals surface area (Å²) in [4.78, 5) is 27.1.